The Morgan fingerprint density at radius 1 is 1.75 bits per heavy atom. The molecule has 0 spiro atoms. The standard InChI is InChI=1S/C8H12ClNO2/c1-5(9)8(11)10-3-7-2-6(10)4-12-7/h5-7H,2-4H2,1H3/t5-,6+,7-/m1/s1. The SMILES string of the molecule is C[C@@H](Cl)C(=O)N1C[C@H]2C[C@H]1CO2. The summed E-state index contributed by atoms with van der Waals surface area (Å²) in [5.74, 6) is 0.0486. The molecule has 68 valence electrons. The van der Waals surface area contributed by atoms with Gasteiger partial charge in [-0.3, -0.25) is 4.79 Å². The predicted molar refractivity (Wildman–Crippen MR) is 45.2 cm³/mol. The molecule has 0 saturated carbocycles. The highest BCUT2D eigenvalue weighted by molar-refractivity contribution is 6.30. The van der Waals surface area contributed by atoms with Crippen LogP contribution in [0.2, 0.25) is 0 Å². The number of likely N-dealkylation sites (tertiary alicyclic amines) is 1. The molecule has 2 fully saturated rings. The fourth-order valence-electron chi connectivity index (χ4n) is 1.90. The van der Waals surface area contributed by atoms with E-state index >= 15 is 0 Å². The van der Waals surface area contributed by atoms with Crippen LogP contribution in [-0.4, -0.2) is 41.5 Å². The van der Waals surface area contributed by atoms with Gasteiger partial charge in [0.25, 0.3) is 0 Å². The summed E-state index contributed by atoms with van der Waals surface area (Å²) < 4.78 is 5.38. The molecule has 3 atom stereocenters. The van der Waals surface area contributed by atoms with Crippen LogP contribution in [0, 0.1) is 0 Å². The van der Waals surface area contributed by atoms with Crippen LogP contribution in [-0.2, 0) is 9.53 Å². The Morgan fingerprint density at radius 3 is 2.92 bits per heavy atom. The number of carbonyl (C=O) groups excluding carboxylic acids is 1. The normalized spacial score (nSPS) is 35.7. The van der Waals surface area contributed by atoms with Gasteiger partial charge < -0.3 is 9.64 Å². The van der Waals surface area contributed by atoms with E-state index in [4.69, 9.17) is 16.3 Å². The fourth-order valence-corrected chi connectivity index (χ4v) is 2.02. The van der Waals surface area contributed by atoms with E-state index in [0.29, 0.717) is 12.6 Å². The van der Waals surface area contributed by atoms with E-state index in [1.165, 1.54) is 0 Å². The van der Waals surface area contributed by atoms with Gasteiger partial charge in [-0.1, -0.05) is 0 Å². The minimum Gasteiger partial charge on any atom is -0.374 e. The van der Waals surface area contributed by atoms with E-state index in [1.54, 1.807) is 6.92 Å². The number of morpholine rings is 1. The van der Waals surface area contributed by atoms with Crippen molar-refractivity contribution in [3.05, 3.63) is 0 Å². The molecule has 12 heavy (non-hydrogen) atoms. The lowest BCUT2D eigenvalue weighted by Gasteiger charge is -2.27. The maximum Gasteiger partial charge on any atom is 0.240 e. The van der Waals surface area contributed by atoms with E-state index < -0.39 is 5.38 Å². The zero-order valence-electron chi connectivity index (χ0n) is 7.00. The van der Waals surface area contributed by atoms with Crippen LogP contribution in [0.15, 0.2) is 0 Å². The van der Waals surface area contributed by atoms with Gasteiger partial charge >= 0.3 is 0 Å². The summed E-state index contributed by atoms with van der Waals surface area (Å²) in [6, 6.07) is 0.295. The highest BCUT2D eigenvalue weighted by atomic mass is 35.5. The predicted octanol–water partition coefficient (Wildman–Crippen LogP) is 0.613. The quantitative estimate of drug-likeness (QED) is 0.566. The summed E-state index contributed by atoms with van der Waals surface area (Å²) in [6.07, 6.45) is 1.27. The molecule has 2 rings (SSSR count). The fraction of sp³-hybridized carbons (Fsp3) is 0.875. The highest BCUT2D eigenvalue weighted by Crippen LogP contribution is 2.28. The molecule has 0 aromatic heterocycles. The number of rotatable bonds is 1. The van der Waals surface area contributed by atoms with Gasteiger partial charge in [0.05, 0.1) is 18.8 Å². The number of ether oxygens (including phenoxy) is 1. The Morgan fingerprint density at radius 2 is 2.50 bits per heavy atom. The summed E-state index contributed by atoms with van der Waals surface area (Å²) >= 11 is 5.71. The molecule has 1 amide bonds. The van der Waals surface area contributed by atoms with Gasteiger partial charge in [-0.05, 0) is 13.3 Å². The van der Waals surface area contributed by atoms with Crippen LogP contribution in [0.5, 0.6) is 0 Å². The van der Waals surface area contributed by atoms with E-state index in [9.17, 15) is 4.79 Å². The lowest BCUT2D eigenvalue weighted by Crippen LogP contribution is -2.44. The molecule has 4 heteroatoms. The smallest absolute Gasteiger partial charge is 0.240 e. The first-order chi connectivity index (χ1) is 5.68. The number of carbonyl (C=O) groups is 1. The molecule has 0 N–H and O–H groups in total. The molecule has 2 saturated heterocycles. The highest BCUT2D eigenvalue weighted by Gasteiger charge is 2.42. The van der Waals surface area contributed by atoms with Gasteiger partial charge in [-0.2, -0.15) is 0 Å². The molecule has 2 aliphatic rings. The van der Waals surface area contributed by atoms with Crippen molar-refractivity contribution in [1.29, 1.82) is 0 Å². The van der Waals surface area contributed by atoms with Crippen molar-refractivity contribution in [3.8, 4) is 0 Å². The average molecular weight is 190 g/mol. The second-order valence-corrected chi connectivity index (χ2v) is 4.11. The van der Waals surface area contributed by atoms with Crippen LogP contribution in [0.3, 0.4) is 0 Å². The van der Waals surface area contributed by atoms with E-state index in [-0.39, 0.29) is 12.0 Å². The van der Waals surface area contributed by atoms with Gasteiger partial charge in [0.1, 0.15) is 5.38 Å². The van der Waals surface area contributed by atoms with E-state index in [1.807, 2.05) is 4.90 Å². The van der Waals surface area contributed by atoms with Crippen molar-refractivity contribution >= 4 is 17.5 Å². The summed E-state index contributed by atoms with van der Waals surface area (Å²) in [7, 11) is 0. The number of halogens is 1. The lowest BCUT2D eigenvalue weighted by atomic mass is 10.2. The number of hydrogen-bond donors (Lipinski definition) is 0. The summed E-state index contributed by atoms with van der Waals surface area (Å²) in [5, 5.41) is -0.399. The third-order valence-electron chi connectivity index (χ3n) is 2.52. The van der Waals surface area contributed by atoms with Gasteiger partial charge in [0.2, 0.25) is 5.91 Å². The van der Waals surface area contributed by atoms with Crippen molar-refractivity contribution in [2.45, 2.75) is 30.9 Å². The lowest BCUT2D eigenvalue weighted by molar-refractivity contribution is -0.134. The molecule has 2 aliphatic heterocycles. The molecule has 0 unspecified atom stereocenters. The molecule has 2 heterocycles. The number of hydrogen-bond acceptors (Lipinski definition) is 2. The van der Waals surface area contributed by atoms with Gasteiger partial charge in [-0.25, -0.2) is 0 Å². The molecular formula is C8H12ClNO2. The van der Waals surface area contributed by atoms with Crippen molar-refractivity contribution in [1.82, 2.24) is 4.90 Å². The van der Waals surface area contributed by atoms with Crippen LogP contribution in [0.25, 0.3) is 0 Å². The van der Waals surface area contributed by atoms with Crippen molar-refractivity contribution in [2.24, 2.45) is 0 Å². The second-order valence-electron chi connectivity index (χ2n) is 3.45. The molecule has 0 aromatic rings. The number of amides is 1. The second kappa shape index (κ2) is 2.89. The Labute approximate surface area is 76.6 Å². The third-order valence-corrected chi connectivity index (χ3v) is 2.71. The Balaban J connectivity index is 2.02. The minimum absolute atomic E-state index is 0.0486. The first-order valence-corrected chi connectivity index (χ1v) is 4.68. The Hall–Kier alpha value is -0.280. The monoisotopic (exact) mass is 189 g/mol. The van der Waals surface area contributed by atoms with Gasteiger partial charge in [0, 0.05) is 6.54 Å². The minimum atomic E-state index is -0.399. The molecule has 2 bridgehead atoms. The van der Waals surface area contributed by atoms with Crippen LogP contribution in [0.1, 0.15) is 13.3 Å². The Kier molecular flexibility index (Phi) is 2.00. The first kappa shape index (κ1) is 8.32. The molecule has 0 aromatic carbocycles. The average Bonchev–Trinajstić information content (AvgIpc) is 2.62. The third kappa shape index (κ3) is 1.21. The van der Waals surface area contributed by atoms with Gasteiger partial charge in [-0.15, -0.1) is 11.6 Å². The maximum absolute atomic E-state index is 11.5. The van der Waals surface area contributed by atoms with E-state index in [0.717, 1.165) is 13.0 Å². The largest absolute Gasteiger partial charge is 0.374 e. The van der Waals surface area contributed by atoms with Crippen molar-refractivity contribution in [3.63, 3.8) is 0 Å². The van der Waals surface area contributed by atoms with Crippen LogP contribution >= 0.6 is 11.6 Å². The first-order valence-electron chi connectivity index (χ1n) is 4.24. The number of alkyl halides is 1. The summed E-state index contributed by atoms with van der Waals surface area (Å²) in [5.41, 5.74) is 0. The Bertz CT molecular complexity index is 207. The maximum atomic E-state index is 11.5. The summed E-state index contributed by atoms with van der Waals surface area (Å²) in [4.78, 5) is 13.3. The zero-order chi connectivity index (χ0) is 8.72. The van der Waals surface area contributed by atoms with E-state index in [2.05, 4.69) is 0 Å². The number of fused-ring (bicyclic) bond motifs is 2. The zero-order valence-corrected chi connectivity index (χ0v) is 7.75. The topological polar surface area (TPSA) is 29.5 Å². The summed E-state index contributed by atoms with van der Waals surface area (Å²) in [6.45, 7) is 3.15. The number of nitrogens with zero attached hydrogens (tertiary/aromatic N) is 1. The molecule has 0 aliphatic carbocycles. The molecular weight excluding hydrogens is 178 g/mol. The van der Waals surface area contributed by atoms with Crippen molar-refractivity contribution < 1.29 is 9.53 Å². The molecule has 3 nitrogen and oxygen atoms in total. The van der Waals surface area contributed by atoms with Crippen molar-refractivity contribution in [2.75, 3.05) is 13.2 Å². The van der Waals surface area contributed by atoms with Crippen LogP contribution in [0.4, 0.5) is 0 Å². The van der Waals surface area contributed by atoms with Crippen LogP contribution < -0.4 is 0 Å². The molecule has 0 radical (unpaired) electrons. The van der Waals surface area contributed by atoms with Gasteiger partial charge in [0.15, 0.2) is 0 Å².